The minimum absolute atomic E-state index is 0.181. The molecule has 3 heterocycles. The second kappa shape index (κ2) is 9.58. The summed E-state index contributed by atoms with van der Waals surface area (Å²) < 4.78 is 33.1. The number of benzene rings is 3. The fraction of sp³-hybridized carbons (Fsp3) is 0.267. The van der Waals surface area contributed by atoms with E-state index in [1.807, 2.05) is 34.1 Å². The van der Waals surface area contributed by atoms with Crippen molar-refractivity contribution in [1.82, 2.24) is 4.90 Å². The molecule has 40 heavy (non-hydrogen) atoms. The average Bonchev–Trinajstić information content (AvgIpc) is 3.00. The first kappa shape index (κ1) is 25.7. The number of nitriles is 2. The van der Waals surface area contributed by atoms with E-state index in [0.29, 0.717) is 27.8 Å². The van der Waals surface area contributed by atoms with Gasteiger partial charge in [-0.3, -0.25) is 0 Å². The van der Waals surface area contributed by atoms with Crippen molar-refractivity contribution >= 4 is 34.4 Å². The number of aliphatic imine (C=N–C) groups is 1. The number of piperidine rings is 2. The lowest BCUT2D eigenvalue weighted by Gasteiger charge is -2.61. The molecule has 0 radical (unpaired) electrons. The van der Waals surface area contributed by atoms with Crippen molar-refractivity contribution in [3.8, 4) is 17.9 Å². The summed E-state index contributed by atoms with van der Waals surface area (Å²) in [7, 11) is 1.56. The van der Waals surface area contributed by atoms with Crippen LogP contribution >= 0.6 is 12.2 Å². The molecule has 2 saturated heterocycles. The molecule has 2 fully saturated rings. The third-order valence-electron chi connectivity index (χ3n) is 8.08. The highest BCUT2D eigenvalue weighted by molar-refractivity contribution is 7.80. The zero-order valence-electron chi connectivity index (χ0n) is 21.6. The van der Waals surface area contributed by atoms with Gasteiger partial charge in [-0.25, -0.2) is 13.8 Å². The van der Waals surface area contributed by atoms with Crippen LogP contribution in [0.2, 0.25) is 0 Å². The van der Waals surface area contributed by atoms with Gasteiger partial charge in [0.1, 0.15) is 45.7 Å². The van der Waals surface area contributed by atoms with Crippen molar-refractivity contribution in [3.05, 3.63) is 90.0 Å². The summed E-state index contributed by atoms with van der Waals surface area (Å²) in [4.78, 5) is 10.9. The first-order valence-corrected chi connectivity index (χ1v) is 13.1. The fourth-order valence-corrected chi connectivity index (χ4v) is 6.71. The number of rotatable bonds is 4. The third-order valence-corrected chi connectivity index (χ3v) is 8.67. The zero-order valence-corrected chi connectivity index (χ0v) is 22.4. The maximum Gasteiger partial charge on any atom is 0.141 e. The molecule has 200 valence electrons. The molecule has 0 amide bonds. The summed E-state index contributed by atoms with van der Waals surface area (Å²) in [6.07, 6.45) is 0. The Bertz CT molecular complexity index is 1600. The Balaban J connectivity index is 1.56. The van der Waals surface area contributed by atoms with E-state index in [1.165, 1.54) is 24.3 Å². The Hall–Kier alpha value is -4.54. The number of anilines is 2. The molecule has 0 N–H and O–H groups in total. The number of fused-ring (bicyclic) bond motifs is 4. The van der Waals surface area contributed by atoms with Crippen LogP contribution in [0.3, 0.4) is 0 Å². The van der Waals surface area contributed by atoms with Gasteiger partial charge in [0.25, 0.3) is 0 Å². The van der Waals surface area contributed by atoms with Gasteiger partial charge in [0.2, 0.25) is 0 Å². The molecule has 3 aromatic rings. The minimum Gasteiger partial charge on any atom is -0.496 e. The van der Waals surface area contributed by atoms with Gasteiger partial charge < -0.3 is 19.4 Å². The van der Waals surface area contributed by atoms with E-state index >= 15 is 0 Å². The number of amidine groups is 1. The lowest BCUT2D eigenvalue weighted by atomic mass is 9.53. The molecule has 3 unspecified atom stereocenters. The smallest absolute Gasteiger partial charge is 0.141 e. The van der Waals surface area contributed by atoms with E-state index in [1.54, 1.807) is 36.3 Å². The van der Waals surface area contributed by atoms with E-state index in [-0.39, 0.29) is 38.1 Å². The van der Waals surface area contributed by atoms with Crippen molar-refractivity contribution in [1.29, 1.82) is 10.5 Å². The number of para-hydroxylation sites is 1. The number of methoxy groups -OCH3 is 1. The number of thiocarbonyl (C=S) groups is 1. The van der Waals surface area contributed by atoms with Gasteiger partial charge in [-0.15, -0.1) is 0 Å². The molecule has 3 aliphatic heterocycles. The van der Waals surface area contributed by atoms with Crippen molar-refractivity contribution in [2.75, 3.05) is 43.3 Å². The van der Waals surface area contributed by atoms with E-state index in [0.717, 1.165) is 5.69 Å². The van der Waals surface area contributed by atoms with Crippen LogP contribution in [0, 0.1) is 45.1 Å². The highest BCUT2D eigenvalue weighted by Crippen LogP contribution is 2.60. The van der Waals surface area contributed by atoms with E-state index in [9.17, 15) is 19.3 Å². The van der Waals surface area contributed by atoms with Crippen molar-refractivity contribution in [2.24, 2.45) is 15.8 Å². The number of nitrogens with zero attached hydrogens (tertiary/aromatic N) is 6. The predicted octanol–water partition coefficient (Wildman–Crippen LogP) is 5.07. The van der Waals surface area contributed by atoms with Gasteiger partial charge in [-0.2, -0.15) is 10.5 Å². The average molecular weight is 555 g/mol. The van der Waals surface area contributed by atoms with Crippen LogP contribution in [0.1, 0.15) is 11.5 Å². The highest BCUT2D eigenvalue weighted by atomic mass is 32.1. The Morgan fingerprint density at radius 1 is 0.875 bits per heavy atom. The molecule has 10 heteroatoms. The first-order valence-electron chi connectivity index (χ1n) is 12.7. The summed E-state index contributed by atoms with van der Waals surface area (Å²) >= 11 is 6.12. The maximum atomic E-state index is 13.8. The normalized spacial score (nSPS) is 25.4. The summed E-state index contributed by atoms with van der Waals surface area (Å²) in [5.74, 6) is -0.366. The van der Waals surface area contributed by atoms with Gasteiger partial charge >= 0.3 is 0 Å². The lowest BCUT2D eigenvalue weighted by molar-refractivity contribution is 0.202. The van der Waals surface area contributed by atoms with Crippen LogP contribution in [0.5, 0.6) is 5.75 Å². The first-order chi connectivity index (χ1) is 19.4. The highest BCUT2D eigenvalue weighted by Gasteiger charge is 2.68. The van der Waals surface area contributed by atoms with Crippen LogP contribution < -0.4 is 14.5 Å². The number of ether oxygens (including phenoxy) is 1. The van der Waals surface area contributed by atoms with Gasteiger partial charge in [0, 0.05) is 35.9 Å². The monoisotopic (exact) mass is 554 g/mol. The van der Waals surface area contributed by atoms with Gasteiger partial charge in [-0.1, -0.05) is 30.4 Å². The van der Waals surface area contributed by atoms with Crippen LogP contribution in [-0.2, 0) is 0 Å². The molecule has 0 aromatic heterocycles. The molecule has 2 bridgehead atoms. The summed E-state index contributed by atoms with van der Waals surface area (Å²) in [5.41, 5.74) is -0.503. The quantitative estimate of drug-likeness (QED) is 0.417. The standard InChI is InChI=1S/C30H24F2N6OS/c1-39-25-5-3-2-4-24(25)26-29(14-33)16-36(22-10-6-20(31)7-11-22)17-30(26,15-34)28(40)38-19-37(18-35-27(29)38)23-12-8-21(32)9-13-23/h2-13,26H,16-19H2,1H3. The molecule has 0 aliphatic carbocycles. The van der Waals surface area contributed by atoms with Gasteiger partial charge in [-0.05, 0) is 54.6 Å². The SMILES string of the molecule is COc1ccccc1C1C2(C#N)CN(c3ccc(F)cc3)CC1(C#N)C1=NCN(c3ccc(F)cc3)CN1C2=S. The summed E-state index contributed by atoms with van der Waals surface area (Å²) in [5, 5.41) is 22.0. The third kappa shape index (κ3) is 3.71. The Morgan fingerprint density at radius 2 is 1.45 bits per heavy atom. The maximum absolute atomic E-state index is 13.8. The summed E-state index contributed by atoms with van der Waals surface area (Å²) in [6, 6.07) is 24.6. The van der Waals surface area contributed by atoms with Crippen LogP contribution in [0.25, 0.3) is 0 Å². The van der Waals surface area contributed by atoms with E-state index in [4.69, 9.17) is 21.9 Å². The van der Waals surface area contributed by atoms with Gasteiger partial charge in [0.15, 0.2) is 0 Å². The number of hydrogen-bond acceptors (Lipinski definition) is 7. The molecule has 3 aliphatic rings. The number of hydrogen-bond donors (Lipinski definition) is 0. The molecule has 3 aromatic carbocycles. The summed E-state index contributed by atoms with van der Waals surface area (Å²) in [6.45, 7) is 0.861. The lowest BCUT2D eigenvalue weighted by Crippen LogP contribution is -2.73. The molecule has 6 rings (SSSR count). The zero-order chi connectivity index (χ0) is 28.1. The van der Waals surface area contributed by atoms with E-state index < -0.39 is 16.7 Å². The second-order valence-electron chi connectivity index (χ2n) is 10.2. The Kier molecular flexibility index (Phi) is 6.16. The Morgan fingerprint density at radius 3 is 2.05 bits per heavy atom. The second-order valence-corrected chi connectivity index (χ2v) is 10.6. The molecule has 0 saturated carbocycles. The molecule has 3 atom stereocenters. The van der Waals surface area contributed by atoms with Crippen LogP contribution in [-0.4, -0.2) is 49.3 Å². The van der Waals surface area contributed by atoms with Gasteiger partial charge in [0.05, 0.1) is 25.9 Å². The van der Waals surface area contributed by atoms with Crippen molar-refractivity contribution < 1.29 is 13.5 Å². The largest absolute Gasteiger partial charge is 0.496 e. The van der Waals surface area contributed by atoms with Crippen molar-refractivity contribution in [2.45, 2.75) is 5.92 Å². The molecule has 0 spiro atoms. The van der Waals surface area contributed by atoms with Crippen LogP contribution in [0.15, 0.2) is 77.8 Å². The Labute approximate surface area is 236 Å². The molecular formula is C30H24F2N6OS. The van der Waals surface area contributed by atoms with E-state index in [2.05, 4.69) is 12.1 Å². The predicted molar refractivity (Wildman–Crippen MR) is 151 cm³/mol. The topological polar surface area (TPSA) is 78.9 Å². The minimum atomic E-state index is -1.34. The number of halogens is 2. The van der Waals surface area contributed by atoms with Crippen LogP contribution in [0.4, 0.5) is 20.2 Å². The molecular weight excluding hydrogens is 530 g/mol. The molecule has 7 nitrogen and oxygen atoms in total. The van der Waals surface area contributed by atoms with Crippen molar-refractivity contribution in [3.63, 3.8) is 0 Å². The fourth-order valence-electron chi connectivity index (χ4n) is 6.34.